The van der Waals surface area contributed by atoms with Crippen LogP contribution in [0.3, 0.4) is 0 Å². The standard InChI is InChI=1S/C21H20N4O5/c1-30-13-12-24-21(27)18-5-3-2-4-17(18)19(23-24)14-22-20(26)11-8-15-6-9-16(10-7-15)25(28)29/h2-11H,12-14H2,1H3,(H,22,26)/b11-8+. The number of ether oxygens (including phenoxy) is 1. The third-order valence-corrected chi connectivity index (χ3v) is 4.41. The second-order valence-electron chi connectivity index (χ2n) is 6.41. The average Bonchev–Trinajstić information content (AvgIpc) is 2.77. The predicted octanol–water partition coefficient (Wildman–Crippen LogP) is 2.28. The monoisotopic (exact) mass is 408 g/mol. The molecule has 3 aromatic rings. The minimum atomic E-state index is -0.483. The van der Waals surface area contributed by atoms with Crippen LogP contribution in [0.1, 0.15) is 11.3 Å². The van der Waals surface area contributed by atoms with Gasteiger partial charge in [-0.25, -0.2) is 4.68 Å². The van der Waals surface area contributed by atoms with Crippen molar-refractivity contribution in [2.75, 3.05) is 13.7 Å². The molecule has 1 heterocycles. The molecule has 0 aliphatic heterocycles. The van der Waals surface area contributed by atoms with Gasteiger partial charge in [-0.2, -0.15) is 5.10 Å². The van der Waals surface area contributed by atoms with Gasteiger partial charge >= 0.3 is 0 Å². The smallest absolute Gasteiger partial charge is 0.274 e. The van der Waals surface area contributed by atoms with Gasteiger partial charge in [-0.15, -0.1) is 0 Å². The minimum absolute atomic E-state index is 0.0156. The fourth-order valence-electron chi connectivity index (χ4n) is 2.87. The van der Waals surface area contributed by atoms with Crippen molar-refractivity contribution in [3.63, 3.8) is 0 Å². The second-order valence-corrected chi connectivity index (χ2v) is 6.41. The molecule has 0 radical (unpaired) electrons. The third kappa shape index (κ3) is 4.95. The van der Waals surface area contributed by atoms with E-state index >= 15 is 0 Å². The lowest BCUT2D eigenvalue weighted by Gasteiger charge is -2.11. The molecule has 3 rings (SSSR count). The fraction of sp³-hybridized carbons (Fsp3) is 0.190. The Kier molecular flexibility index (Phi) is 6.66. The molecule has 1 N–H and O–H groups in total. The molecule has 1 aromatic heterocycles. The van der Waals surface area contributed by atoms with Gasteiger partial charge in [0.15, 0.2) is 0 Å². The lowest BCUT2D eigenvalue weighted by molar-refractivity contribution is -0.384. The zero-order valence-corrected chi connectivity index (χ0v) is 16.3. The van der Waals surface area contributed by atoms with Gasteiger partial charge in [-0.3, -0.25) is 19.7 Å². The van der Waals surface area contributed by atoms with Crippen molar-refractivity contribution < 1.29 is 14.5 Å². The highest BCUT2D eigenvalue weighted by Gasteiger charge is 2.11. The summed E-state index contributed by atoms with van der Waals surface area (Å²) in [6.07, 6.45) is 2.90. The summed E-state index contributed by atoms with van der Waals surface area (Å²) in [7, 11) is 1.55. The highest BCUT2D eigenvalue weighted by atomic mass is 16.6. The van der Waals surface area contributed by atoms with Crippen molar-refractivity contribution in [3.05, 3.63) is 86.3 Å². The van der Waals surface area contributed by atoms with E-state index < -0.39 is 4.92 Å². The number of nitro benzene ring substituents is 1. The Morgan fingerprint density at radius 2 is 1.90 bits per heavy atom. The minimum Gasteiger partial charge on any atom is -0.383 e. The third-order valence-electron chi connectivity index (χ3n) is 4.41. The second kappa shape index (κ2) is 9.57. The normalized spacial score (nSPS) is 11.1. The lowest BCUT2D eigenvalue weighted by atomic mass is 10.1. The van der Waals surface area contributed by atoms with Crippen LogP contribution >= 0.6 is 0 Å². The van der Waals surface area contributed by atoms with Gasteiger partial charge in [0, 0.05) is 30.7 Å². The van der Waals surface area contributed by atoms with Crippen LogP contribution in [0.5, 0.6) is 0 Å². The molecule has 0 saturated carbocycles. The van der Waals surface area contributed by atoms with Crippen LogP contribution in [-0.2, 0) is 22.6 Å². The van der Waals surface area contributed by atoms with E-state index in [4.69, 9.17) is 4.74 Å². The number of rotatable bonds is 8. The summed E-state index contributed by atoms with van der Waals surface area (Å²) in [4.78, 5) is 35.0. The number of nitrogens with zero attached hydrogens (tertiary/aromatic N) is 3. The number of non-ortho nitro benzene ring substituents is 1. The number of aromatic nitrogens is 2. The van der Waals surface area contributed by atoms with E-state index in [0.29, 0.717) is 35.2 Å². The molecule has 0 spiro atoms. The molecular weight excluding hydrogens is 388 g/mol. The Morgan fingerprint density at radius 3 is 2.57 bits per heavy atom. The topological polar surface area (TPSA) is 116 Å². The van der Waals surface area contributed by atoms with Gasteiger partial charge in [-0.05, 0) is 29.8 Å². The molecule has 1 amide bonds. The van der Waals surface area contributed by atoms with Crippen LogP contribution in [-0.4, -0.2) is 34.3 Å². The van der Waals surface area contributed by atoms with Crippen molar-refractivity contribution in [2.45, 2.75) is 13.1 Å². The quantitative estimate of drug-likeness (QED) is 0.347. The van der Waals surface area contributed by atoms with Crippen LogP contribution in [0.4, 0.5) is 5.69 Å². The average molecular weight is 408 g/mol. The fourth-order valence-corrected chi connectivity index (χ4v) is 2.87. The molecule has 0 saturated heterocycles. The van der Waals surface area contributed by atoms with Crippen LogP contribution in [0.25, 0.3) is 16.8 Å². The summed E-state index contributed by atoms with van der Waals surface area (Å²) < 4.78 is 6.36. The van der Waals surface area contributed by atoms with E-state index in [1.807, 2.05) is 6.07 Å². The number of fused-ring (bicyclic) bond motifs is 1. The largest absolute Gasteiger partial charge is 0.383 e. The molecule has 0 unspecified atom stereocenters. The zero-order valence-electron chi connectivity index (χ0n) is 16.3. The summed E-state index contributed by atoms with van der Waals surface area (Å²) in [5.41, 5.74) is 1.000. The van der Waals surface area contributed by atoms with E-state index in [1.54, 1.807) is 43.5 Å². The van der Waals surface area contributed by atoms with Crippen LogP contribution < -0.4 is 10.9 Å². The van der Waals surface area contributed by atoms with Gasteiger partial charge in [0.05, 0.1) is 35.7 Å². The summed E-state index contributed by atoms with van der Waals surface area (Å²) in [6.45, 7) is 0.785. The molecule has 0 aliphatic rings. The van der Waals surface area contributed by atoms with E-state index in [9.17, 15) is 19.7 Å². The molecule has 0 atom stereocenters. The van der Waals surface area contributed by atoms with Gasteiger partial charge < -0.3 is 10.1 Å². The van der Waals surface area contributed by atoms with Gasteiger partial charge in [0.25, 0.3) is 11.2 Å². The first-order chi connectivity index (χ1) is 14.5. The number of carbonyl (C=O) groups is 1. The summed E-state index contributed by atoms with van der Waals surface area (Å²) in [5, 5.41) is 19.0. The molecule has 0 aliphatic carbocycles. The highest BCUT2D eigenvalue weighted by molar-refractivity contribution is 5.92. The van der Waals surface area contributed by atoms with Crippen molar-refractivity contribution in [2.24, 2.45) is 0 Å². The number of hydrogen-bond acceptors (Lipinski definition) is 6. The summed E-state index contributed by atoms with van der Waals surface area (Å²) in [5.74, 6) is -0.353. The number of amides is 1. The maximum Gasteiger partial charge on any atom is 0.274 e. The molecule has 9 nitrogen and oxygen atoms in total. The van der Waals surface area contributed by atoms with Crippen molar-refractivity contribution >= 4 is 28.4 Å². The van der Waals surface area contributed by atoms with Crippen molar-refractivity contribution in [1.82, 2.24) is 15.1 Å². The molecular formula is C21H20N4O5. The van der Waals surface area contributed by atoms with E-state index in [0.717, 1.165) is 0 Å². The highest BCUT2D eigenvalue weighted by Crippen LogP contribution is 2.14. The predicted molar refractivity (Wildman–Crippen MR) is 112 cm³/mol. The first kappa shape index (κ1) is 20.9. The molecule has 0 bridgehead atoms. The Hall–Kier alpha value is -3.85. The SMILES string of the molecule is COCCn1nc(CNC(=O)/C=C/c2ccc([N+](=O)[O-])cc2)c2ccccc2c1=O. The number of methoxy groups -OCH3 is 1. The molecule has 2 aromatic carbocycles. The Balaban J connectivity index is 1.74. The molecule has 9 heteroatoms. The Labute approximate surface area is 171 Å². The molecule has 0 fully saturated rings. The number of nitro groups is 1. The Morgan fingerprint density at radius 1 is 1.20 bits per heavy atom. The van der Waals surface area contributed by atoms with E-state index in [-0.39, 0.29) is 23.7 Å². The summed E-state index contributed by atoms with van der Waals surface area (Å²) in [6, 6.07) is 13.0. The van der Waals surface area contributed by atoms with Crippen LogP contribution in [0.2, 0.25) is 0 Å². The molecule has 154 valence electrons. The number of carbonyl (C=O) groups excluding carboxylic acids is 1. The van der Waals surface area contributed by atoms with Crippen LogP contribution in [0.15, 0.2) is 59.4 Å². The maximum atomic E-state index is 12.6. The number of nitrogens with one attached hydrogen (secondary N) is 1. The van der Waals surface area contributed by atoms with Crippen molar-refractivity contribution in [3.8, 4) is 0 Å². The first-order valence-corrected chi connectivity index (χ1v) is 9.17. The first-order valence-electron chi connectivity index (χ1n) is 9.17. The van der Waals surface area contributed by atoms with E-state index in [2.05, 4.69) is 10.4 Å². The van der Waals surface area contributed by atoms with Gasteiger partial charge in [0.1, 0.15) is 0 Å². The van der Waals surface area contributed by atoms with Crippen molar-refractivity contribution in [1.29, 1.82) is 0 Å². The lowest BCUT2D eigenvalue weighted by Crippen LogP contribution is -2.29. The van der Waals surface area contributed by atoms with Gasteiger partial charge in [0.2, 0.25) is 5.91 Å². The zero-order chi connectivity index (χ0) is 21.5. The summed E-state index contributed by atoms with van der Waals surface area (Å²) >= 11 is 0. The molecule has 30 heavy (non-hydrogen) atoms. The maximum absolute atomic E-state index is 12.6. The van der Waals surface area contributed by atoms with Gasteiger partial charge in [-0.1, -0.05) is 18.2 Å². The van der Waals surface area contributed by atoms with Crippen LogP contribution in [0, 0.1) is 10.1 Å². The Bertz CT molecular complexity index is 1150. The van der Waals surface area contributed by atoms with E-state index in [1.165, 1.54) is 22.9 Å². The number of benzene rings is 2. The number of hydrogen-bond donors (Lipinski definition) is 1.